The second-order valence-electron chi connectivity index (χ2n) is 9.25. The Balaban J connectivity index is 2.73. The Morgan fingerprint density at radius 1 is 0.391 bits per heavy atom. The lowest BCUT2D eigenvalue weighted by Gasteiger charge is -2.48. The minimum atomic E-state index is -4.22. The number of rotatable bonds is 5. The first-order chi connectivity index (χ1) is 21.2. The molecule has 0 aliphatic carbocycles. The zero-order valence-electron chi connectivity index (χ0n) is 21.5. The highest BCUT2D eigenvalue weighted by Crippen LogP contribution is 2.36. The lowest BCUT2D eigenvalue weighted by Crippen LogP contribution is -2.80. The van der Waals surface area contributed by atoms with Gasteiger partial charge in [-0.15, -0.1) is 10.9 Å². The van der Waals surface area contributed by atoms with E-state index in [4.69, 9.17) is 0 Å². The van der Waals surface area contributed by atoms with Crippen LogP contribution in [0.5, 0.6) is 0 Å². The Kier molecular flexibility index (Phi) is 14.0. The summed E-state index contributed by atoms with van der Waals surface area (Å²) in [4.78, 5) is 0. The van der Waals surface area contributed by atoms with E-state index in [0.717, 1.165) is 6.92 Å². The van der Waals surface area contributed by atoms with Gasteiger partial charge in [0.25, 0.3) is 0 Å². The van der Waals surface area contributed by atoms with E-state index in [9.17, 15) is 0 Å². The van der Waals surface area contributed by atoms with E-state index in [2.05, 4.69) is 4.51 Å². The van der Waals surface area contributed by atoms with Gasteiger partial charge in [-0.3, -0.25) is 0 Å². The normalized spacial score (nSPS) is 13.0. The van der Waals surface area contributed by atoms with Gasteiger partial charge in [0.2, 0.25) is 0 Å². The van der Waals surface area contributed by atoms with E-state index in [0.29, 0.717) is 0 Å². The van der Waals surface area contributed by atoms with Crippen molar-refractivity contribution in [2.24, 2.45) is 0 Å². The minimum absolute atomic E-state index is 0.355. The van der Waals surface area contributed by atoms with E-state index in [1.807, 2.05) is 0 Å². The lowest BCUT2D eigenvalue weighted by atomic mass is 9.12. The van der Waals surface area contributed by atoms with Gasteiger partial charge >= 0.3 is 0 Å². The van der Waals surface area contributed by atoms with Gasteiger partial charge in [-0.2, -0.15) is 10.9 Å². The molecule has 4 rings (SSSR count). The molecular formula is C26H5BF10I9-. The molecule has 46 heavy (non-hydrogen) atoms. The second kappa shape index (κ2) is 15.6. The largest absolute Gasteiger partial charge is 0.207 e. The van der Waals surface area contributed by atoms with Crippen LogP contribution in [0.25, 0.3) is 0 Å². The van der Waals surface area contributed by atoms with Crippen molar-refractivity contribution in [2.75, 3.05) is 0 Å². The van der Waals surface area contributed by atoms with E-state index in [1.165, 1.54) is 181 Å². The molecule has 0 aliphatic heterocycles. The number of hydrogen-bond donors (Lipinski definition) is 0. The average Bonchev–Trinajstić information content (AvgIpc) is 3.03. The summed E-state index contributed by atoms with van der Waals surface area (Å²) in [6.07, 6.45) is -4.22. The summed E-state index contributed by atoms with van der Waals surface area (Å²) in [5.74, 6) is -16.5. The molecule has 0 N–H and O–H groups in total. The van der Waals surface area contributed by atoms with Crippen LogP contribution >= 0.6 is 201 Å². The Labute approximate surface area is 373 Å². The van der Waals surface area contributed by atoms with Crippen LogP contribution in [0.4, 0.5) is 43.9 Å². The first-order valence-electron chi connectivity index (χ1n) is 11.5. The van der Waals surface area contributed by atoms with Gasteiger partial charge in [0.15, 0.2) is 23.3 Å². The van der Waals surface area contributed by atoms with Gasteiger partial charge in [-0.1, -0.05) is 25.2 Å². The molecule has 20 heteroatoms. The van der Waals surface area contributed by atoms with E-state index < -0.39 is 141 Å². The SMILES string of the molecule is C=Ic1c(I)c(F)c(F)c(F)c1[B-](c1c(C)c(F)c(I)c(F)c1I)(c1c(F)c(F)c(F)c(I)c1I)c1c(I)c(F)c(I)c(F)c1I. The standard InChI is InChI=1S/C26H5BF10I9/c1-3-4(18(38)15(35)22(42)8(3)28)27(5-9(29)11(31)13(33)24(44)21(5)41,7-19(39)16(36)23(43)17(37)20(7)40)6-10(30)12(32)14(34)25(45)26(6)46-2/h2H2,1H3/q-1. The fourth-order valence-corrected chi connectivity index (χ4v) is 16.4. The third-order valence-electron chi connectivity index (χ3n) is 7.14. The van der Waals surface area contributed by atoms with Gasteiger partial charge in [-0.25, -0.2) is 43.9 Å². The molecule has 4 aromatic carbocycles. The molecule has 0 heterocycles. The Morgan fingerprint density at radius 2 is 0.783 bits per heavy atom. The first kappa shape index (κ1) is 41.4. The Hall–Kier alpha value is 2.68. The van der Waals surface area contributed by atoms with Crippen molar-refractivity contribution in [3.8, 4) is 0 Å². The predicted octanol–water partition coefficient (Wildman–Crippen LogP) is 10.2. The molecular weight excluding hydrogens is 1660 g/mol. The van der Waals surface area contributed by atoms with Crippen LogP contribution in [-0.2, 0) is 0 Å². The van der Waals surface area contributed by atoms with Gasteiger partial charge in [-0.05, 0) is 200 Å². The summed E-state index contributed by atoms with van der Waals surface area (Å²) in [5, 5.41) is 0. The zero-order valence-corrected chi connectivity index (χ0v) is 40.9. The number of hydrogen-bond acceptors (Lipinski definition) is 0. The van der Waals surface area contributed by atoms with Gasteiger partial charge in [0.1, 0.15) is 41.0 Å². The summed E-state index contributed by atoms with van der Waals surface area (Å²) >= 11 is 9.23. The maximum Gasteiger partial charge on any atom is 0.192 e. The molecule has 0 amide bonds. The molecule has 0 bridgehead atoms. The molecule has 0 radical (unpaired) electrons. The Bertz CT molecular complexity index is 1780. The molecule has 1 atom stereocenters. The quantitative estimate of drug-likeness (QED) is 0.0615. The molecule has 0 nitrogen and oxygen atoms in total. The molecule has 0 saturated carbocycles. The van der Waals surface area contributed by atoms with Gasteiger partial charge in [0, 0.05) is 10.7 Å². The van der Waals surface area contributed by atoms with Crippen LogP contribution in [0, 0.1) is 97.2 Å². The molecule has 0 spiro atoms. The summed E-state index contributed by atoms with van der Waals surface area (Å²) in [7, 11) is 0. The highest BCUT2D eigenvalue weighted by Gasteiger charge is 2.48. The molecule has 0 aromatic heterocycles. The smallest absolute Gasteiger partial charge is 0.192 e. The maximum absolute atomic E-state index is 16.8. The summed E-state index contributed by atoms with van der Waals surface area (Å²) in [6, 6.07) is 0. The molecule has 0 aliphatic rings. The van der Waals surface area contributed by atoms with Crippen molar-refractivity contribution in [2.45, 2.75) is 6.92 Å². The van der Waals surface area contributed by atoms with Crippen molar-refractivity contribution in [3.63, 3.8) is 0 Å². The molecule has 0 saturated heterocycles. The Morgan fingerprint density at radius 3 is 1.24 bits per heavy atom. The highest BCUT2D eigenvalue weighted by molar-refractivity contribution is 14.2. The van der Waals surface area contributed by atoms with Crippen molar-refractivity contribution < 1.29 is 43.9 Å². The monoisotopic (exact) mass is 1660 g/mol. The zero-order chi connectivity index (χ0) is 35.1. The van der Waals surface area contributed by atoms with Crippen molar-refractivity contribution >= 4 is 234 Å². The molecule has 4 aromatic rings. The van der Waals surface area contributed by atoms with E-state index in [1.54, 1.807) is 0 Å². The van der Waals surface area contributed by atoms with Crippen molar-refractivity contribution in [1.29, 1.82) is 0 Å². The minimum Gasteiger partial charge on any atom is -0.207 e. The summed E-state index contributed by atoms with van der Waals surface area (Å²) in [6.45, 7) is 1.10. The van der Waals surface area contributed by atoms with Gasteiger partial charge < -0.3 is 0 Å². The van der Waals surface area contributed by atoms with Crippen LogP contribution in [0.2, 0.25) is 0 Å². The fourth-order valence-electron chi connectivity index (χ4n) is 5.28. The van der Waals surface area contributed by atoms with E-state index >= 15 is 43.9 Å². The fraction of sp³-hybridized carbons (Fsp3) is 0.0385. The topological polar surface area (TPSA) is 0 Å². The second-order valence-corrected chi connectivity index (χ2v) is 19.7. The number of benzene rings is 4. The maximum atomic E-state index is 16.8. The predicted molar refractivity (Wildman–Crippen MR) is 236 cm³/mol. The van der Waals surface area contributed by atoms with E-state index in [-0.39, 0.29) is 3.57 Å². The van der Waals surface area contributed by atoms with Crippen molar-refractivity contribution in [3.05, 3.63) is 95.9 Å². The van der Waals surface area contributed by atoms with Crippen LogP contribution in [0.15, 0.2) is 0 Å². The molecule has 1 unspecified atom stereocenters. The summed E-state index contributed by atoms with van der Waals surface area (Å²) in [5.41, 5.74) is -3.69. The van der Waals surface area contributed by atoms with Crippen LogP contribution in [0.3, 0.4) is 0 Å². The number of halogens is 19. The third-order valence-corrected chi connectivity index (χ3v) is 19.3. The van der Waals surface area contributed by atoms with Crippen LogP contribution in [-0.4, -0.2) is 10.7 Å². The summed E-state index contributed by atoms with van der Waals surface area (Å²) < 4.78 is 158. The first-order valence-corrected chi connectivity index (χ1v) is 22.7. The highest BCUT2D eigenvalue weighted by atomic mass is 127. The van der Waals surface area contributed by atoms with Crippen LogP contribution < -0.4 is 21.9 Å². The van der Waals surface area contributed by atoms with Gasteiger partial charge in [0.05, 0.1) is 14.3 Å². The van der Waals surface area contributed by atoms with Crippen LogP contribution in [0.1, 0.15) is 5.56 Å². The molecule has 246 valence electrons. The lowest BCUT2D eigenvalue weighted by molar-refractivity contribution is 0.445. The third kappa shape index (κ3) is 6.27. The average molecular weight is 1660 g/mol. The van der Waals surface area contributed by atoms with Crippen molar-refractivity contribution in [1.82, 2.24) is 0 Å². The molecule has 0 fully saturated rings.